The summed E-state index contributed by atoms with van der Waals surface area (Å²) in [4.78, 5) is 12.1. The molecule has 6 heteroatoms. The maximum absolute atomic E-state index is 12.0. The molecule has 4 atom stereocenters. The average Bonchev–Trinajstić information content (AvgIpc) is 2.89. The molecule has 0 radical (unpaired) electrons. The molecular formula is C19H22N2O3Se. The predicted molar refractivity (Wildman–Crippen MR) is 97.7 cm³/mol. The van der Waals surface area contributed by atoms with Crippen molar-refractivity contribution in [2.75, 3.05) is 0 Å². The minimum atomic E-state index is -0.653. The molecule has 0 aromatic heterocycles. The molecular weight excluding hydrogens is 383 g/mol. The standard InChI is InChI=1S/C19H22N2O3Se/c20-15-11-16(25-14-9-5-2-6-10-14)18(22)17(15)21-19(23)24-12-13-7-3-1-4-8-13/h1-10,15-18,22H,11-12,20H2,(H,21,23)/t15-,16+,17+,18-/m1/s1. The summed E-state index contributed by atoms with van der Waals surface area (Å²) in [7, 11) is 0. The van der Waals surface area contributed by atoms with Crippen LogP contribution in [0.25, 0.3) is 0 Å². The van der Waals surface area contributed by atoms with E-state index in [-0.39, 0.29) is 32.4 Å². The first-order valence-electron chi connectivity index (χ1n) is 8.26. The third-order valence-corrected chi connectivity index (χ3v) is 7.01. The third-order valence-electron chi connectivity index (χ3n) is 4.24. The van der Waals surface area contributed by atoms with Crippen LogP contribution in [0.2, 0.25) is 4.82 Å². The number of nitrogens with one attached hydrogen (secondary N) is 1. The number of carbonyl (C=O) groups excluding carboxylic acids is 1. The number of ether oxygens (including phenoxy) is 1. The van der Waals surface area contributed by atoms with Crippen molar-refractivity contribution in [2.24, 2.45) is 5.73 Å². The zero-order chi connectivity index (χ0) is 17.6. The number of alkyl carbamates (subject to hydrolysis) is 1. The summed E-state index contributed by atoms with van der Waals surface area (Å²) in [5.74, 6) is 0. The molecule has 1 fully saturated rings. The quantitative estimate of drug-likeness (QED) is 0.653. The molecule has 1 aliphatic rings. The van der Waals surface area contributed by atoms with Crippen molar-refractivity contribution in [3.05, 3.63) is 66.2 Å². The summed E-state index contributed by atoms with van der Waals surface area (Å²) in [5, 5.41) is 13.3. The summed E-state index contributed by atoms with van der Waals surface area (Å²) in [5.41, 5.74) is 7.06. The number of nitrogens with two attached hydrogens (primary N) is 1. The number of hydrogen-bond donors (Lipinski definition) is 3. The first kappa shape index (κ1) is 18.0. The van der Waals surface area contributed by atoms with E-state index < -0.39 is 18.2 Å². The molecule has 0 aliphatic heterocycles. The SMILES string of the molecule is N[C@@H]1C[C@H]([Se]c2ccccc2)[C@@H](O)[C@H]1NC(=O)OCc1ccccc1. The van der Waals surface area contributed by atoms with Gasteiger partial charge in [-0.3, -0.25) is 0 Å². The number of rotatable bonds is 5. The molecule has 0 heterocycles. The summed E-state index contributed by atoms with van der Waals surface area (Å²) in [6.45, 7) is 0.197. The van der Waals surface area contributed by atoms with Gasteiger partial charge in [-0.2, -0.15) is 0 Å². The van der Waals surface area contributed by atoms with Gasteiger partial charge in [-0.25, -0.2) is 0 Å². The number of benzene rings is 2. The Morgan fingerprint density at radius 2 is 1.80 bits per heavy atom. The van der Waals surface area contributed by atoms with Crippen molar-refractivity contribution in [1.29, 1.82) is 0 Å². The summed E-state index contributed by atoms with van der Waals surface area (Å²) >= 11 is 0.114. The van der Waals surface area contributed by atoms with Crippen molar-refractivity contribution in [2.45, 2.75) is 36.0 Å². The molecule has 0 bridgehead atoms. The molecule has 1 aliphatic carbocycles. The average molecular weight is 405 g/mol. The van der Waals surface area contributed by atoms with Gasteiger partial charge in [-0.15, -0.1) is 0 Å². The summed E-state index contributed by atoms with van der Waals surface area (Å²) < 4.78 is 6.45. The zero-order valence-electron chi connectivity index (χ0n) is 13.7. The van der Waals surface area contributed by atoms with E-state index in [9.17, 15) is 9.90 Å². The van der Waals surface area contributed by atoms with Gasteiger partial charge in [0.05, 0.1) is 0 Å². The fourth-order valence-electron chi connectivity index (χ4n) is 2.92. The predicted octanol–water partition coefficient (Wildman–Crippen LogP) is 1.19. The molecule has 0 spiro atoms. The monoisotopic (exact) mass is 406 g/mol. The zero-order valence-corrected chi connectivity index (χ0v) is 15.5. The number of aliphatic hydroxyl groups excluding tert-OH is 1. The molecule has 5 nitrogen and oxygen atoms in total. The second kappa shape index (κ2) is 8.50. The Kier molecular flexibility index (Phi) is 6.10. The number of amides is 1. The Hall–Kier alpha value is -1.85. The Morgan fingerprint density at radius 1 is 1.16 bits per heavy atom. The van der Waals surface area contributed by atoms with Crippen molar-refractivity contribution in [3.8, 4) is 0 Å². The molecule has 2 aromatic carbocycles. The Bertz CT molecular complexity index is 684. The van der Waals surface area contributed by atoms with Crippen LogP contribution >= 0.6 is 0 Å². The summed E-state index contributed by atoms with van der Waals surface area (Å²) in [6.07, 6.45) is -0.504. The van der Waals surface area contributed by atoms with E-state index in [0.29, 0.717) is 6.42 Å². The molecule has 2 aromatic rings. The van der Waals surface area contributed by atoms with E-state index in [4.69, 9.17) is 10.5 Å². The Morgan fingerprint density at radius 3 is 2.48 bits per heavy atom. The number of carbonyl (C=O) groups is 1. The van der Waals surface area contributed by atoms with Crippen LogP contribution in [0, 0.1) is 0 Å². The second-order valence-electron chi connectivity index (χ2n) is 6.09. The molecule has 132 valence electrons. The van der Waals surface area contributed by atoms with Crippen LogP contribution in [0.15, 0.2) is 60.7 Å². The molecule has 4 N–H and O–H groups in total. The van der Waals surface area contributed by atoms with Crippen LogP contribution in [-0.4, -0.2) is 44.3 Å². The number of hydrogen-bond acceptors (Lipinski definition) is 4. The normalized spacial score (nSPS) is 25.5. The first-order chi connectivity index (χ1) is 12.1. The van der Waals surface area contributed by atoms with Crippen LogP contribution in [0.5, 0.6) is 0 Å². The van der Waals surface area contributed by atoms with Gasteiger partial charge in [-0.05, 0) is 0 Å². The Labute approximate surface area is 153 Å². The molecule has 0 saturated heterocycles. The van der Waals surface area contributed by atoms with Gasteiger partial charge in [0.1, 0.15) is 0 Å². The van der Waals surface area contributed by atoms with E-state index in [1.807, 2.05) is 48.5 Å². The minimum absolute atomic E-state index is 0.0873. The van der Waals surface area contributed by atoms with Crippen molar-refractivity contribution >= 4 is 25.5 Å². The van der Waals surface area contributed by atoms with Crippen molar-refractivity contribution in [3.63, 3.8) is 0 Å². The van der Waals surface area contributed by atoms with Gasteiger partial charge >= 0.3 is 153 Å². The van der Waals surface area contributed by atoms with E-state index in [0.717, 1.165) is 5.56 Å². The molecule has 3 rings (SSSR count). The maximum atomic E-state index is 12.0. The van der Waals surface area contributed by atoms with E-state index in [1.165, 1.54) is 4.46 Å². The summed E-state index contributed by atoms with van der Waals surface area (Å²) in [6, 6.07) is 18.8. The van der Waals surface area contributed by atoms with Gasteiger partial charge in [0.2, 0.25) is 0 Å². The van der Waals surface area contributed by atoms with Gasteiger partial charge in [0.25, 0.3) is 0 Å². The van der Waals surface area contributed by atoms with E-state index in [1.54, 1.807) is 0 Å². The van der Waals surface area contributed by atoms with Crippen LogP contribution < -0.4 is 15.5 Å². The van der Waals surface area contributed by atoms with E-state index >= 15 is 0 Å². The van der Waals surface area contributed by atoms with Gasteiger partial charge < -0.3 is 0 Å². The van der Waals surface area contributed by atoms with Gasteiger partial charge in [0.15, 0.2) is 0 Å². The van der Waals surface area contributed by atoms with E-state index in [2.05, 4.69) is 17.4 Å². The van der Waals surface area contributed by atoms with Crippen molar-refractivity contribution in [1.82, 2.24) is 5.32 Å². The third kappa shape index (κ3) is 4.83. The van der Waals surface area contributed by atoms with Gasteiger partial charge in [-0.1, -0.05) is 0 Å². The van der Waals surface area contributed by atoms with Crippen LogP contribution in [0.1, 0.15) is 12.0 Å². The number of aliphatic hydroxyl groups is 1. The molecule has 1 saturated carbocycles. The fraction of sp³-hybridized carbons (Fsp3) is 0.316. The molecule has 1 amide bonds. The topological polar surface area (TPSA) is 84.6 Å². The van der Waals surface area contributed by atoms with Crippen molar-refractivity contribution < 1.29 is 14.6 Å². The molecule has 25 heavy (non-hydrogen) atoms. The Balaban J connectivity index is 1.52. The van der Waals surface area contributed by atoms with Crippen LogP contribution in [-0.2, 0) is 11.3 Å². The first-order valence-corrected chi connectivity index (χ1v) is 10.1. The van der Waals surface area contributed by atoms with Crippen LogP contribution in [0.3, 0.4) is 0 Å². The molecule has 0 unspecified atom stereocenters. The van der Waals surface area contributed by atoms with Gasteiger partial charge in [0, 0.05) is 0 Å². The fourth-order valence-corrected chi connectivity index (χ4v) is 5.63. The van der Waals surface area contributed by atoms with Crippen LogP contribution in [0.4, 0.5) is 4.79 Å². The second-order valence-corrected chi connectivity index (χ2v) is 8.85.